The van der Waals surface area contributed by atoms with Gasteiger partial charge in [-0.1, -0.05) is 17.7 Å². The number of aryl methyl sites for hydroxylation is 1. The quantitative estimate of drug-likeness (QED) is 0.783. The predicted molar refractivity (Wildman–Crippen MR) is 94.5 cm³/mol. The van der Waals surface area contributed by atoms with E-state index in [0.29, 0.717) is 11.4 Å². The first-order valence-corrected chi connectivity index (χ1v) is 8.92. The first kappa shape index (κ1) is 18.8. The Kier molecular flexibility index (Phi) is 6.00. The Hall–Kier alpha value is -2.58. The smallest absolute Gasteiger partial charge is 0.244 e. The summed E-state index contributed by atoms with van der Waals surface area (Å²) in [6.07, 6.45) is 0. The minimum Gasteiger partial charge on any atom is -0.497 e. The number of anilines is 1. The van der Waals surface area contributed by atoms with Crippen LogP contribution in [0.3, 0.4) is 0 Å². The molecule has 0 bridgehead atoms. The molecule has 0 unspecified atom stereocenters. The van der Waals surface area contributed by atoms with Crippen molar-refractivity contribution in [2.24, 2.45) is 0 Å². The van der Waals surface area contributed by atoms with E-state index >= 15 is 0 Å². The Labute approximate surface area is 147 Å². The van der Waals surface area contributed by atoms with Crippen LogP contribution in [-0.4, -0.2) is 35.1 Å². The molecule has 2 N–H and O–H groups in total. The molecule has 0 aliphatic heterocycles. The number of nitrogens with one attached hydrogen (secondary N) is 2. The van der Waals surface area contributed by atoms with Gasteiger partial charge in [0.1, 0.15) is 16.4 Å². The van der Waals surface area contributed by atoms with Gasteiger partial charge in [0.15, 0.2) is 0 Å². The second kappa shape index (κ2) is 8.00. The van der Waals surface area contributed by atoms with Crippen molar-refractivity contribution in [3.63, 3.8) is 0 Å². The average molecular weight is 364 g/mol. The summed E-state index contributed by atoms with van der Waals surface area (Å²) < 4.78 is 37.2. The summed E-state index contributed by atoms with van der Waals surface area (Å²) in [4.78, 5) is 11.9. The lowest BCUT2D eigenvalue weighted by Crippen LogP contribution is -2.33. The normalized spacial score (nSPS) is 11.0. The van der Waals surface area contributed by atoms with Crippen LogP contribution in [-0.2, 0) is 14.8 Å². The molecular weight excluding hydrogens is 344 g/mol. The van der Waals surface area contributed by atoms with Crippen LogP contribution >= 0.6 is 0 Å². The Balaban J connectivity index is 2.06. The Morgan fingerprint density at radius 3 is 2.32 bits per heavy atom. The second-order valence-corrected chi connectivity index (χ2v) is 6.99. The molecule has 0 aliphatic carbocycles. The molecular formula is C17H20N2O5S. The van der Waals surface area contributed by atoms with Crippen LogP contribution in [0.15, 0.2) is 47.4 Å². The largest absolute Gasteiger partial charge is 0.497 e. The van der Waals surface area contributed by atoms with E-state index in [2.05, 4.69) is 10.0 Å². The van der Waals surface area contributed by atoms with Crippen molar-refractivity contribution in [2.45, 2.75) is 11.8 Å². The molecule has 2 rings (SSSR count). The van der Waals surface area contributed by atoms with E-state index in [1.54, 1.807) is 12.1 Å². The SMILES string of the molecule is COc1ccc(S(=O)(=O)NCC(=O)Nc2ccc(C)cc2)c(OC)c1. The van der Waals surface area contributed by atoms with Gasteiger partial charge in [0.2, 0.25) is 15.9 Å². The van der Waals surface area contributed by atoms with E-state index in [-0.39, 0.29) is 10.6 Å². The van der Waals surface area contributed by atoms with Gasteiger partial charge in [-0.15, -0.1) is 0 Å². The van der Waals surface area contributed by atoms with Gasteiger partial charge in [0.05, 0.1) is 20.8 Å². The predicted octanol–water partition coefficient (Wildman–Crippen LogP) is 1.93. The maximum absolute atomic E-state index is 12.4. The van der Waals surface area contributed by atoms with Gasteiger partial charge in [-0.05, 0) is 31.2 Å². The third-order valence-corrected chi connectivity index (χ3v) is 4.86. The highest BCUT2D eigenvalue weighted by Gasteiger charge is 2.21. The summed E-state index contributed by atoms with van der Waals surface area (Å²) in [5.41, 5.74) is 1.65. The molecule has 2 aromatic rings. The van der Waals surface area contributed by atoms with Crippen LogP contribution in [0.5, 0.6) is 11.5 Å². The first-order valence-electron chi connectivity index (χ1n) is 7.44. The number of hydrogen-bond donors (Lipinski definition) is 2. The highest BCUT2D eigenvalue weighted by atomic mass is 32.2. The fourth-order valence-corrected chi connectivity index (χ4v) is 3.21. The Bertz CT molecular complexity index is 848. The van der Waals surface area contributed by atoms with Crippen LogP contribution in [0.1, 0.15) is 5.56 Å². The van der Waals surface area contributed by atoms with Crippen molar-refractivity contribution >= 4 is 21.6 Å². The number of hydrogen-bond acceptors (Lipinski definition) is 5. The average Bonchev–Trinajstić information content (AvgIpc) is 2.61. The van der Waals surface area contributed by atoms with Crippen LogP contribution in [0.25, 0.3) is 0 Å². The minimum atomic E-state index is -3.91. The summed E-state index contributed by atoms with van der Waals surface area (Å²) in [5, 5.41) is 2.62. The van der Waals surface area contributed by atoms with Gasteiger partial charge in [-0.25, -0.2) is 13.1 Å². The maximum Gasteiger partial charge on any atom is 0.244 e. The number of benzene rings is 2. The highest BCUT2D eigenvalue weighted by molar-refractivity contribution is 7.89. The second-order valence-electron chi connectivity index (χ2n) is 5.26. The molecule has 0 saturated carbocycles. The van der Waals surface area contributed by atoms with E-state index in [9.17, 15) is 13.2 Å². The lowest BCUT2D eigenvalue weighted by Gasteiger charge is -2.12. The van der Waals surface area contributed by atoms with E-state index in [1.807, 2.05) is 19.1 Å². The van der Waals surface area contributed by atoms with Crippen molar-refractivity contribution in [1.82, 2.24) is 4.72 Å². The topological polar surface area (TPSA) is 93.7 Å². The third-order valence-electron chi connectivity index (χ3n) is 3.42. The summed E-state index contributed by atoms with van der Waals surface area (Å²) in [6, 6.07) is 11.5. The van der Waals surface area contributed by atoms with Crippen LogP contribution in [0, 0.1) is 6.92 Å². The molecule has 2 aromatic carbocycles. The van der Waals surface area contributed by atoms with Crippen molar-refractivity contribution in [3.05, 3.63) is 48.0 Å². The van der Waals surface area contributed by atoms with Gasteiger partial charge >= 0.3 is 0 Å². The molecule has 0 radical (unpaired) electrons. The Morgan fingerprint density at radius 2 is 1.72 bits per heavy atom. The monoisotopic (exact) mass is 364 g/mol. The zero-order chi connectivity index (χ0) is 18.4. The zero-order valence-corrected chi connectivity index (χ0v) is 15.0. The number of rotatable bonds is 7. The van der Waals surface area contributed by atoms with Crippen LogP contribution < -0.4 is 19.5 Å². The lowest BCUT2D eigenvalue weighted by atomic mass is 10.2. The first-order chi connectivity index (χ1) is 11.9. The van der Waals surface area contributed by atoms with Crippen molar-refractivity contribution < 1.29 is 22.7 Å². The van der Waals surface area contributed by atoms with Gasteiger partial charge < -0.3 is 14.8 Å². The number of amides is 1. The van der Waals surface area contributed by atoms with Gasteiger partial charge in [-0.2, -0.15) is 0 Å². The molecule has 0 aromatic heterocycles. The molecule has 0 atom stereocenters. The summed E-state index contributed by atoms with van der Waals surface area (Å²) >= 11 is 0. The molecule has 134 valence electrons. The van der Waals surface area contributed by atoms with Crippen LogP contribution in [0.4, 0.5) is 5.69 Å². The number of methoxy groups -OCH3 is 2. The van der Waals surface area contributed by atoms with Crippen LogP contribution in [0.2, 0.25) is 0 Å². The Morgan fingerprint density at radius 1 is 1.04 bits per heavy atom. The summed E-state index contributed by atoms with van der Waals surface area (Å²) in [5.74, 6) is 0.124. The number of sulfonamides is 1. The third kappa shape index (κ3) is 4.94. The summed E-state index contributed by atoms with van der Waals surface area (Å²) in [7, 11) is -1.09. The highest BCUT2D eigenvalue weighted by Crippen LogP contribution is 2.28. The molecule has 1 amide bonds. The van der Waals surface area contributed by atoms with Gasteiger partial charge in [-0.3, -0.25) is 4.79 Å². The number of carbonyl (C=O) groups is 1. The van der Waals surface area contributed by atoms with E-state index in [0.717, 1.165) is 5.56 Å². The maximum atomic E-state index is 12.4. The molecule has 8 heteroatoms. The van der Waals surface area contributed by atoms with Gasteiger partial charge in [0, 0.05) is 11.8 Å². The molecule has 0 spiro atoms. The van der Waals surface area contributed by atoms with E-state index in [4.69, 9.17) is 9.47 Å². The molecule has 0 heterocycles. The minimum absolute atomic E-state index is 0.0704. The van der Waals surface area contributed by atoms with Gasteiger partial charge in [0.25, 0.3) is 0 Å². The van der Waals surface area contributed by atoms with E-state index in [1.165, 1.54) is 32.4 Å². The van der Waals surface area contributed by atoms with Crippen molar-refractivity contribution in [1.29, 1.82) is 0 Å². The fourth-order valence-electron chi connectivity index (χ4n) is 2.08. The standard InChI is InChI=1S/C17H20N2O5S/c1-12-4-6-13(7-5-12)19-17(20)11-18-25(21,22)16-9-8-14(23-2)10-15(16)24-3/h4-10,18H,11H2,1-3H3,(H,19,20). The fraction of sp³-hybridized carbons (Fsp3) is 0.235. The number of ether oxygens (including phenoxy) is 2. The summed E-state index contributed by atoms with van der Waals surface area (Å²) in [6.45, 7) is 1.54. The van der Waals surface area contributed by atoms with E-state index < -0.39 is 22.5 Å². The lowest BCUT2D eigenvalue weighted by molar-refractivity contribution is -0.115. The molecule has 7 nitrogen and oxygen atoms in total. The molecule has 0 aliphatic rings. The molecule has 0 saturated heterocycles. The van der Waals surface area contributed by atoms with Crippen molar-refractivity contribution in [3.8, 4) is 11.5 Å². The van der Waals surface area contributed by atoms with Crippen molar-refractivity contribution in [2.75, 3.05) is 26.1 Å². The number of carbonyl (C=O) groups excluding carboxylic acids is 1. The molecule has 25 heavy (non-hydrogen) atoms. The zero-order valence-electron chi connectivity index (χ0n) is 14.2. The molecule has 0 fully saturated rings.